The van der Waals surface area contributed by atoms with Crippen molar-refractivity contribution < 1.29 is 9.21 Å². The Labute approximate surface area is 111 Å². The van der Waals surface area contributed by atoms with Crippen molar-refractivity contribution in [2.75, 3.05) is 0 Å². The van der Waals surface area contributed by atoms with E-state index >= 15 is 0 Å². The zero-order valence-corrected chi connectivity index (χ0v) is 10.8. The van der Waals surface area contributed by atoms with E-state index in [1.54, 1.807) is 25.1 Å². The van der Waals surface area contributed by atoms with E-state index in [9.17, 15) is 4.79 Å². The number of benzene rings is 1. The number of nitrogens with zero attached hydrogens (tertiary/aromatic N) is 1. The first-order chi connectivity index (χ1) is 9.11. The van der Waals surface area contributed by atoms with Gasteiger partial charge >= 0.3 is 0 Å². The number of carbonyl (C=O) groups is 1. The van der Waals surface area contributed by atoms with Gasteiger partial charge in [-0.1, -0.05) is 0 Å². The lowest BCUT2D eigenvalue weighted by Gasteiger charge is -2.12. The van der Waals surface area contributed by atoms with Crippen LogP contribution in [0.5, 0.6) is 0 Å². The van der Waals surface area contributed by atoms with Gasteiger partial charge in [-0.3, -0.25) is 4.79 Å². The number of rotatable bonds is 2. The van der Waals surface area contributed by atoms with Crippen LogP contribution >= 0.6 is 0 Å². The van der Waals surface area contributed by atoms with E-state index in [4.69, 9.17) is 10.2 Å². The molecule has 1 aromatic heterocycles. The van der Waals surface area contributed by atoms with Crippen molar-refractivity contribution in [2.45, 2.75) is 38.3 Å². The number of carbonyl (C=O) groups excluding carboxylic acids is 1. The number of oxazole rings is 1. The summed E-state index contributed by atoms with van der Waals surface area (Å²) in [6.45, 7) is 1.79. The summed E-state index contributed by atoms with van der Waals surface area (Å²) in [6.07, 6.45) is 2.79. The third-order valence-corrected chi connectivity index (χ3v) is 3.57. The molecule has 2 unspecified atom stereocenters. The Morgan fingerprint density at radius 3 is 3.05 bits per heavy atom. The van der Waals surface area contributed by atoms with E-state index in [0.29, 0.717) is 17.0 Å². The van der Waals surface area contributed by atoms with E-state index in [2.05, 4.69) is 10.3 Å². The normalized spacial score (nSPS) is 22.8. The van der Waals surface area contributed by atoms with Gasteiger partial charge in [0, 0.05) is 24.6 Å². The smallest absolute Gasteiger partial charge is 0.251 e. The van der Waals surface area contributed by atoms with Crippen LogP contribution in [0.3, 0.4) is 0 Å². The van der Waals surface area contributed by atoms with Gasteiger partial charge in [0.05, 0.1) is 0 Å². The van der Waals surface area contributed by atoms with Crippen LogP contribution in [0, 0.1) is 6.92 Å². The van der Waals surface area contributed by atoms with Crippen molar-refractivity contribution in [3.05, 3.63) is 29.7 Å². The minimum atomic E-state index is -0.0740. The summed E-state index contributed by atoms with van der Waals surface area (Å²) in [4.78, 5) is 16.4. The molecule has 19 heavy (non-hydrogen) atoms. The molecule has 0 radical (unpaired) electrons. The molecule has 2 atom stereocenters. The quantitative estimate of drug-likeness (QED) is 0.860. The summed E-state index contributed by atoms with van der Waals surface area (Å²) in [5.74, 6) is 0.532. The van der Waals surface area contributed by atoms with Gasteiger partial charge in [0.25, 0.3) is 5.91 Å². The number of hydrogen-bond acceptors (Lipinski definition) is 4. The summed E-state index contributed by atoms with van der Waals surface area (Å²) in [7, 11) is 0. The maximum Gasteiger partial charge on any atom is 0.251 e. The van der Waals surface area contributed by atoms with Crippen LogP contribution in [0.4, 0.5) is 0 Å². The standard InChI is InChI=1S/C14H17N3O2/c1-8-16-12-5-2-9(6-13(12)19-8)14(18)17-11-4-3-10(15)7-11/h2,5-6,10-11H,3-4,7,15H2,1H3,(H,17,18). The van der Waals surface area contributed by atoms with E-state index in [1.807, 2.05) is 0 Å². The molecule has 0 aliphatic heterocycles. The second-order valence-electron chi connectivity index (χ2n) is 5.16. The molecule has 5 heteroatoms. The number of aromatic nitrogens is 1. The molecule has 1 amide bonds. The van der Waals surface area contributed by atoms with Crippen molar-refractivity contribution in [1.82, 2.24) is 10.3 Å². The summed E-state index contributed by atoms with van der Waals surface area (Å²) < 4.78 is 5.43. The summed E-state index contributed by atoms with van der Waals surface area (Å²) >= 11 is 0. The third-order valence-electron chi connectivity index (χ3n) is 3.57. The maximum absolute atomic E-state index is 12.1. The Bertz CT molecular complexity index is 620. The van der Waals surface area contributed by atoms with E-state index in [-0.39, 0.29) is 18.0 Å². The van der Waals surface area contributed by atoms with Gasteiger partial charge in [0.1, 0.15) is 5.52 Å². The van der Waals surface area contributed by atoms with Gasteiger partial charge in [-0.2, -0.15) is 0 Å². The predicted molar refractivity (Wildman–Crippen MR) is 71.8 cm³/mol. The third kappa shape index (κ3) is 2.46. The van der Waals surface area contributed by atoms with Crippen molar-refractivity contribution in [3.63, 3.8) is 0 Å². The van der Waals surface area contributed by atoms with Crippen LogP contribution in [0.15, 0.2) is 22.6 Å². The SMILES string of the molecule is Cc1nc2ccc(C(=O)NC3CCC(N)C3)cc2o1. The number of nitrogens with two attached hydrogens (primary N) is 1. The lowest BCUT2D eigenvalue weighted by atomic mass is 10.1. The first-order valence-corrected chi connectivity index (χ1v) is 6.55. The van der Waals surface area contributed by atoms with Gasteiger partial charge in [0.2, 0.25) is 0 Å². The first-order valence-electron chi connectivity index (χ1n) is 6.55. The average molecular weight is 259 g/mol. The molecular weight excluding hydrogens is 242 g/mol. The monoisotopic (exact) mass is 259 g/mol. The Kier molecular flexibility index (Phi) is 2.98. The fraction of sp³-hybridized carbons (Fsp3) is 0.429. The fourth-order valence-electron chi connectivity index (χ4n) is 2.60. The van der Waals surface area contributed by atoms with E-state index in [0.717, 1.165) is 24.8 Å². The second kappa shape index (κ2) is 4.66. The van der Waals surface area contributed by atoms with Crippen LogP contribution in [0.25, 0.3) is 11.1 Å². The van der Waals surface area contributed by atoms with Crippen molar-refractivity contribution in [2.24, 2.45) is 5.73 Å². The molecule has 1 saturated carbocycles. The van der Waals surface area contributed by atoms with Crippen molar-refractivity contribution in [1.29, 1.82) is 0 Å². The van der Waals surface area contributed by atoms with Gasteiger partial charge in [-0.25, -0.2) is 4.98 Å². The Morgan fingerprint density at radius 1 is 1.47 bits per heavy atom. The molecule has 0 spiro atoms. The largest absolute Gasteiger partial charge is 0.441 e. The highest BCUT2D eigenvalue weighted by Crippen LogP contribution is 2.19. The molecule has 1 aromatic carbocycles. The number of hydrogen-bond donors (Lipinski definition) is 2. The van der Waals surface area contributed by atoms with Crippen LogP contribution in [0.2, 0.25) is 0 Å². The molecule has 0 bridgehead atoms. The maximum atomic E-state index is 12.1. The highest BCUT2D eigenvalue weighted by molar-refractivity contribution is 5.97. The fourth-order valence-corrected chi connectivity index (χ4v) is 2.60. The van der Waals surface area contributed by atoms with E-state index < -0.39 is 0 Å². The molecule has 3 N–H and O–H groups in total. The molecule has 5 nitrogen and oxygen atoms in total. The number of fused-ring (bicyclic) bond motifs is 1. The highest BCUT2D eigenvalue weighted by Gasteiger charge is 2.23. The van der Waals surface area contributed by atoms with Crippen molar-refractivity contribution in [3.8, 4) is 0 Å². The summed E-state index contributed by atoms with van der Waals surface area (Å²) in [6, 6.07) is 5.72. The molecule has 1 heterocycles. The predicted octanol–water partition coefficient (Wildman–Crippen LogP) is 1.75. The highest BCUT2D eigenvalue weighted by atomic mass is 16.3. The van der Waals surface area contributed by atoms with Crippen LogP contribution in [-0.2, 0) is 0 Å². The Morgan fingerprint density at radius 2 is 2.32 bits per heavy atom. The Hall–Kier alpha value is -1.88. The lowest BCUT2D eigenvalue weighted by molar-refractivity contribution is 0.0937. The zero-order valence-electron chi connectivity index (χ0n) is 10.8. The topological polar surface area (TPSA) is 81.2 Å². The first kappa shape index (κ1) is 12.2. The molecule has 2 aromatic rings. The molecule has 1 fully saturated rings. The molecule has 0 saturated heterocycles. The molecule has 1 aliphatic carbocycles. The number of nitrogens with one attached hydrogen (secondary N) is 1. The molecular formula is C14H17N3O2. The summed E-state index contributed by atoms with van der Waals surface area (Å²) in [5, 5.41) is 3.02. The average Bonchev–Trinajstić information content (AvgIpc) is 2.93. The number of amides is 1. The van der Waals surface area contributed by atoms with E-state index in [1.165, 1.54) is 0 Å². The second-order valence-corrected chi connectivity index (χ2v) is 5.16. The van der Waals surface area contributed by atoms with Gasteiger partial charge in [-0.05, 0) is 37.5 Å². The van der Waals surface area contributed by atoms with Crippen LogP contribution in [-0.4, -0.2) is 23.0 Å². The molecule has 3 rings (SSSR count). The number of aryl methyl sites for hydroxylation is 1. The molecule has 100 valence electrons. The van der Waals surface area contributed by atoms with Gasteiger partial charge in [0.15, 0.2) is 11.5 Å². The van der Waals surface area contributed by atoms with Gasteiger partial charge in [-0.15, -0.1) is 0 Å². The Balaban J connectivity index is 1.77. The minimum Gasteiger partial charge on any atom is -0.441 e. The van der Waals surface area contributed by atoms with Crippen molar-refractivity contribution >= 4 is 17.0 Å². The lowest BCUT2D eigenvalue weighted by Crippen LogP contribution is -2.33. The van der Waals surface area contributed by atoms with Crippen LogP contribution < -0.4 is 11.1 Å². The van der Waals surface area contributed by atoms with Crippen LogP contribution in [0.1, 0.15) is 35.5 Å². The minimum absolute atomic E-state index is 0.0740. The summed E-state index contributed by atoms with van der Waals surface area (Å²) in [5.41, 5.74) is 7.86. The molecule has 1 aliphatic rings. The zero-order chi connectivity index (χ0) is 13.4. The van der Waals surface area contributed by atoms with Gasteiger partial charge < -0.3 is 15.5 Å².